The zero-order chi connectivity index (χ0) is 14.7. The van der Waals surface area contributed by atoms with Gasteiger partial charge >= 0.3 is 0 Å². The molecule has 1 aliphatic heterocycles. The molecule has 0 spiro atoms. The van der Waals surface area contributed by atoms with Crippen molar-refractivity contribution in [2.75, 3.05) is 34.4 Å². The van der Waals surface area contributed by atoms with Crippen molar-refractivity contribution < 1.29 is 14.3 Å². The molecular weight excluding hydrogens is 256 g/mol. The summed E-state index contributed by atoms with van der Waals surface area (Å²) in [5.41, 5.74) is 1.50. The first-order chi connectivity index (χ1) is 9.58. The molecule has 5 heteroatoms. The zero-order valence-electron chi connectivity index (χ0n) is 12.5. The number of benzene rings is 1. The van der Waals surface area contributed by atoms with Gasteiger partial charge in [0, 0.05) is 30.8 Å². The minimum Gasteiger partial charge on any atom is -0.496 e. The lowest BCUT2D eigenvalue weighted by Gasteiger charge is -2.24. The van der Waals surface area contributed by atoms with E-state index in [2.05, 4.69) is 5.32 Å². The Bertz CT molecular complexity index is 471. The number of rotatable bonds is 4. The van der Waals surface area contributed by atoms with Crippen molar-refractivity contribution in [3.63, 3.8) is 0 Å². The molecule has 20 heavy (non-hydrogen) atoms. The van der Waals surface area contributed by atoms with Crippen LogP contribution in [0, 0.1) is 6.92 Å². The monoisotopic (exact) mass is 278 g/mol. The lowest BCUT2D eigenvalue weighted by atomic mass is 10.1. The topological polar surface area (TPSA) is 50.8 Å². The van der Waals surface area contributed by atoms with Crippen molar-refractivity contribution in [2.24, 2.45) is 0 Å². The maximum atomic E-state index is 12.6. The van der Waals surface area contributed by atoms with E-state index < -0.39 is 0 Å². The first-order valence-corrected chi connectivity index (χ1v) is 6.79. The number of hydrogen-bond acceptors (Lipinski definition) is 4. The molecule has 1 aromatic rings. The highest BCUT2D eigenvalue weighted by molar-refractivity contribution is 5.95. The molecule has 0 aromatic heterocycles. The second kappa shape index (κ2) is 6.13. The Morgan fingerprint density at radius 1 is 1.30 bits per heavy atom. The summed E-state index contributed by atoms with van der Waals surface area (Å²) >= 11 is 0. The van der Waals surface area contributed by atoms with E-state index in [0.29, 0.717) is 17.1 Å². The van der Waals surface area contributed by atoms with Crippen molar-refractivity contribution in [1.29, 1.82) is 0 Å². The molecule has 110 valence electrons. The minimum absolute atomic E-state index is 0.00435. The number of amides is 1. The van der Waals surface area contributed by atoms with E-state index in [1.807, 2.05) is 14.0 Å². The summed E-state index contributed by atoms with van der Waals surface area (Å²) in [7, 11) is 5.04. The number of carbonyl (C=O) groups is 1. The first-order valence-electron chi connectivity index (χ1n) is 6.79. The van der Waals surface area contributed by atoms with Crippen molar-refractivity contribution in [3.8, 4) is 11.5 Å². The number of likely N-dealkylation sites (N-methyl/N-ethyl adjacent to an activating group) is 1. The van der Waals surface area contributed by atoms with Crippen molar-refractivity contribution in [3.05, 3.63) is 23.3 Å². The first kappa shape index (κ1) is 14.7. The average molecular weight is 278 g/mol. The number of nitrogens with zero attached hydrogens (tertiary/aromatic N) is 1. The normalized spacial score (nSPS) is 17.9. The lowest BCUT2D eigenvalue weighted by molar-refractivity contribution is 0.0743. The predicted molar refractivity (Wildman–Crippen MR) is 77.7 cm³/mol. The van der Waals surface area contributed by atoms with E-state index in [1.54, 1.807) is 31.3 Å². The van der Waals surface area contributed by atoms with Gasteiger partial charge in [0.05, 0.1) is 14.2 Å². The van der Waals surface area contributed by atoms with Crippen LogP contribution in [0.2, 0.25) is 0 Å². The highest BCUT2D eigenvalue weighted by Crippen LogP contribution is 2.30. The summed E-state index contributed by atoms with van der Waals surface area (Å²) in [6.45, 7) is 3.72. The fourth-order valence-electron chi connectivity index (χ4n) is 2.55. The van der Waals surface area contributed by atoms with Crippen LogP contribution in [0.5, 0.6) is 11.5 Å². The van der Waals surface area contributed by atoms with Gasteiger partial charge < -0.3 is 19.7 Å². The van der Waals surface area contributed by atoms with Gasteiger partial charge in [-0.1, -0.05) is 0 Å². The molecule has 1 N–H and O–H groups in total. The van der Waals surface area contributed by atoms with Gasteiger partial charge in [-0.15, -0.1) is 0 Å². The van der Waals surface area contributed by atoms with Crippen LogP contribution < -0.4 is 14.8 Å². The quantitative estimate of drug-likeness (QED) is 0.905. The molecule has 0 bridgehead atoms. The van der Waals surface area contributed by atoms with Gasteiger partial charge in [0.15, 0.2) is 0 Å². The van der Waals surface area contributed by atoms with Crippen LogP contribution in [0.1, 0.15) is 22.3 Å². The third kappa shape index (κ3) is 2.72. The standard InChI is InChI=1S/C15H22N2O3/c1-10-13(19-3)7-11(8-14(10)20-4)15(18)17(2)12-5-6-16-9-12/h7-8,12,16H,5-6,9H2,1-4H3. The highest BCUT2D eigenvalue weighted by atomic mass is 16.5. The fourth-order valence-corrected chi connectivity index (χ4v) is 2.55. The molecule has 5 nitrogen and oxygen atoms in total. The molecule has 1 heterocycles. The van der Waals surface area contributed by atoms with Crippen LogP contribution in [0.15, 0.2) is 12.1 Å². The van der Waals surface area contributed by atoms with E-state index in [9.17, 15) is 4.79 Å². The molecule has 2 rings (SSSR count). The molecule has 0 saturated carbocycles. The molecule has 1 aliphatic rings. The minimum atomic E-state index is -0.00435. The average Bonchev–Trinajstić information content (AvgIpc) is 3.00. The van der Waals surface area contributed by atoms with E-state index in [0.717, 1.165) is 25.1 Å². The second-order valence-electron chi connectivity index (χ2n) is 5.07. The van der Waals surface area contributed by atoms with Gasteiger partial charge in [-0.3, -0.25) is 4.79 Å². The van der Waals surface area contributed by atoms with Crippen LogP contribution in [0.25, 0.3) is 0 Å². The maximum absolute atomic E-state index is 12.6. The molecule has 1 aromatic carbocycles. The smallest absolute Gasteiger partial charge is 0.254 e. The number of nitrogens with one attached hydrogen (secondary N) is 1. The van der Waals surface area contributed by atoms with Gasteiger partial charge in [-0.25, -0.2) is 0 Å². The summed E-state index contributed by atoms with van der Waals surface area (Å²) in [6, 6.07) is 3.80. The maximum Gasteiger partial charge on any atom is 0.254 e. The van der Waals surface area contributed by atoms with Gasteiger partial charge in [-0.05, 0) is 32.0 Å². The molecule has 0 aliphatic carbocycles. The Kier molecular flexibility index (Phi) is 4.49. The van der Waals surface area contributed by atoms with Crippen LogP contribution in [0.3, 0.4) is 0 Å². The Morgan fingerprint density at radius 3 is 2.35 bits per heavy atom. The summed E-state index contributed by atoms with van der Waals surface area (Å²) in [6.07, 6.45) is 0.988. The van der Waals surface area contributed by atoms with Crippen LogP contribution in [-0.4, -0.2) is 51.2 Å². The molecule has 1 atom stereocenters. The van der Waals surface area contributed by atoms with Gasteiger partial charge in [0.25, 0.3) is 5.91 Å². The molecule has 0 radical (unpaired) electrons. The molecule has 1 saturated heterocycles. The van der Waals surface area contributed by atoms with Crippen molar-refractivity contribution >= 4 is 5.91 Å². The van der Waals surface area contributed by atoms with Crippen LogP contribution >= 0.6 is 0 Å². The largest absolute Gasteiger partial charge is 0.496 e. The third-order valence-corrected chi connectivity index (χ3v) is 3.90. The zero-order valence-corrected chi connectivity index (χ0v) is 12.5. The Hall–Kier alpha value is -1.75. The summed E-state index contributed by atoms with van der Waals surface area (Å²) in [5, 5.41) is 3.27. The van der Waals surface area contributed by atoms with E-state index in [4.69, 9.17) is 9.47 Å². The fraction of sp³-hybridized carbons (Fsp3) is 0.533. The Balaban J connectivity index is 2.29. The molecule has 1 unspecified atom stereocenters. The van der Waals surface area contributed by atoms with Crippen LogP contribution in [0.4, 0.5) is 0 Å². The Labute approximate surface area is 119 Å². The number of ether oxygens (including phenoxy) is 2. The van der Waals surface area contributed by atoms with Crippen LogP contribution in [-0.2, 0) is 0 Å². The van der Waals surface area contributed by atoms with Crippen molar-refractivity contribution in [2.45, 2.75) is 19.4 Å². The number of methoxy groups -OCH3 is 2. The molecular formula is C15H22N2O3. The summed E-state index contributed by atoms with van der Waals surface area (Å²) < 4.78 is 10.6. The third-order valence-electron chi connectivity index (χ3n) is 3.90. The van der Waals surface area contributed by atoms with E-state index in [1.165, 1.54) is 0 Å². The summed E-state index contributed by atoms with van der Waals surface area (Å²) in [5.74, 6) is 1.34. The molecule has 1 fully saturated rings. The molecule has 1 amide bonds. The van der Waals surface area contributed by atoms with E-state index >= 15 is 0 Å². The second-order valence-corrected chi connectivity index (χ2v) is 5.07. The SMILES string of the molecule is COc1cc(C(=O)N(C)C2CCNC2)cc(OC)c1C. The van der Waals surface area contributed by atoms with Gasteiger partial charge in [-0.2, -0.15) is 0 Å². The number of hydrogen-bond donors (Lipinski definition) is 1. The van der Waals surface area contributed by atoms with Crippen molar-refractivity contribution in [1.82, 2.24) is 10.2 Å². The predicted octanol–water partition coefficient (Wildman–Crippen LogP) is 1.45. The van der Waals surface area contributed by atoms with E-state index in [-0.39, 0.29) is 11.9 Å². The van der Waals surface area contributed by atoms with Gasteiger partial charge in [0.2, 0.25) is 0 Å². The highest BCUT2D eigenvalue weighted by Gasteiger charge is 2.25. The lowest BCUT2D eigenvalue weighted by Crippen LogP contribution is -2.38. The number of carbonyl (C=O) groups excluding carboxylic acids is 1. The Morgan fingerprint density at radius 2 is 1.90 bits per heavy atom. The summed E-state index contributed by atoms with van der Waals surface area (Å²) in [4.78, 5) is 14.4. The van der Waals surface area contributed by atoms with Gasteiger partial charge in [0.1, 0.15) is 11.5 Å².